The summed E-state index contributed by atoms with van der Waals surface area (Å²) in [5.41, 5.74) is -2.78. The first-order valence-electron chi connectivity index (χ1n) is 14.8. The van der Waals surface area contributed by atoms with Crippen LogP contribution in [-0.2, 0) is 28.5 Å². The third-order valence-corrected chi connectivity index (χ3v) is 7.22. The van der Waals surface area contributed by atoms with Gasteiger partial charge in [-0.15, -0.1) is 8.78 Å². The van der Waals surface area contributed by atoms with Gasteiger partial charge < -0.3 is 24.3 Å². The summed E-state index contributed by atoms with van der Waals surface area (Å²) in [7, 11) is 0. The number of hydrogen-bond acceptors (Lipinski definition) is 5. The van der Waals surface area contributed by atoms with Crippen molar-refractivity contribution in [2.24, 2.45) is 0 Å². The average Bonchev–Trinajstić information content (AvgIpc) is 3.54. The lowest BCUT2D eigenvalue weighted by atomic mass is 9.86. The molecule has 5 rings (SSSR count). The second-order valence-electron chi connectivity index (χ2n) is 9.78. The number of benzene rings is 2. The van der Waals surface area contributed by atoms with Crippen LogP contribution in [0.4, 0.5) is 13.2 Å². The van der Waals surface area contributed by atoms with Gasteiger partial charge >= 0.3 is 6.29 Å². The van der Waals surface area contributed by atoms with E-state index in [2.05, 4.69) is 9.47 Å². The van der Waals surface area contributed by atoms with Gasteiger partial charge in [-0.05, 0) is 60.7 Å². The minimum Gasteiger partial charge on any atom is -0.395 e. The maximum Gasteiger partial charge on any atom is 0.586 e. The molecule has 0 bridgehead atoms. The van der Waals surface area contributed by atoms with Crippen LogP contribution in [-0.4, -0.2) is 39.5 Å². The summed E-state index contributed by atoms with van der Waals surface area (Å²) >= 11 is 0. The standard InChI is InChI=1S/C28H30F3NO5/c1-4-26(2,3)24-10-17-9-16(20(29)13-21(17)32(24)14-19(34)15-33)11-25(35)27(7-8-27)18-5-6-22-23(12-18)37-28(30,31)36-22/h5-6,9-10,12-13,19,33-34H,4,7-8,11,14-15H2,1-3H3/t19-/m0/s1/i2D3,14D2,19D/t19-,26?. The van der Waals surface area contributed by atoms with Crippen LogP contribution in [0.15, 0.2) is 36.4 Å². The number of carbonyl (C=O) groups excluding carboxylic acids is 1. The maximum atomic E-state index is 15.6. The van der Waals surface area contributed by atoms with Crippen molar-refractivity contribution >= 4 is 16.7 Å². The summed E-state index contributed by atoms with van der Waals surface area (Å²) < 4.78 is 102. The minimum absolute atomic E-state index is 0.0245. The third-order valence-electron chi connectivity index (χ3n) is 7.22. The molecule has 2 atom stereocenters. The molecule has 0 radical (unpaired) electrons. The van der Waals surface area contributed by atoms with Gasteiger partial charge in [-0.25, -0.2) is 4.39 Å². The molecule has 37 heavy (non-hydrogen) atoms. The summed E-state index contributed by atoms with van der Waals surface area (Å²) in [6, 6.07) is 7.58. The minimum atomic E-state index is -3.83. The Kier molecular flexibility index (Phi) is 4.52. The van der Waals surface area contributed by atoms with Crippen LogP contribution < -0.4 is 9.47 Å². The van der Waals surface area contributed by atoms with E-state index in [4.69, 9.17) is 8.22 Å². The number of ketones is 1. The van der Waals surface area contributed by atoms with E-state index >= 15 is 4.39 Å². The van der Waals surface area contributed by atoms with E-state index in [1.54, 1.807) is 6.92 Å². The van der Waals surface area contributed by atoms with Gasteiger partial charge in [0.25, 0.3) is 0 Å². The van der Waals surface area contributed by atoms with E-state index in [1.165, 1.54) is 37.3 Å². The fraction of sp³-hybridized carbons (Fsp3) is 0.464. The van der Waals surface area contributed by atoms with Crippen LogP contribution >= 0.6 is 0 Å². The Hall–Kier alpha value is -3.04. The quantitative estimate of drug-likeness (QED) is 0.413. The SMILES string of the molecule is [2H]C([2H])([2H])C(C)(CC)c1cc2cc(CC(=O)C3(c4ccc5c(c4)OC(F)(F)O5)CC3)c(F)cc2n1C([2H])([2H])[C@]([2H])(O)CO. The molecule has 2 N–H and O–H groups in total. The molecule has 198 valence electrons. The van der Waals surface area contributed by atoms with E-state index in [9.17, 15) is 23.8 Å². The van der Waals surface area contributed by atoms with E-state index < -0.39 is 61.2 Å². The van der Waals surface area contributed by atoms with Gasteiger partial charge in [0, 0.05) is 27.0 Å². The number of carbonyl (C=O) groups is 1. The van der Waals surface area contributed by atoms with Crippen molar-refractivity contribution in [2.45, 2.75) is 76.1 Å². The Morgan fingerprint density at radius 2 is 2.00 bits per heavy atom. The first-order chi connectivity index (χ1) is 19.7. The Morgan fingerprint density at radius 1 is 1.27 bits per heavy atom. The number of aromatic nitrogens is 1. The molecular weight excluding hydrogens is 487 g/mol. The van der Waals surface area contributed by atoms with Gasteiger partial charge in [0.05, 0.1) is 34.2 Å². The van der Waals surface area contributed by atoms with Crippen molar-refractivity contribution in [2.75, 3.05) is 6.61 Å². The van der Waals surface area contributed by atoms with E-state index in [1.807, 2.05) is 0 Å². The van der Waals surface area contributed by atoms with Crippen molar-refractivity contribution < 1.29 is 45.9 Å². The highest BCUT2D eigenvalue weighted by atomic mass is 19.3. The third kappa shape index (κ3) is 4.48. The van der Waals surface area contributed by atoms with E-state index in [0.29, 0.717) is 18.4 Å². The summed E-state index contributed by atoms with van der Waals surface area (Å²) in [5.74, 6) is -1.71. The summed E-state index contributed by atoms with van der Waals surface area (Å²) in [6.07, 6.45) is -6.61. The zero-order valence-corrected chi connectivity index (χ0v) is 20.2. The van der Waals surface area contributed by atoms with Crippen molar-refractivity contribution in [1.29, 1.82) is 0 Å². The zero-order chi connectivity index (χ0) is 32.0. The Morgan fingerprint density at radius 3 is 2.65 bits per heavy atom. The number of alkyl halides is 2. The Labute approximate surface area is 221 Å². The predicted octanol–water partition coefficient (Wildman–Crippen LogP) is 4.99. The monoisotopic (exact) mass is 523 g/mol. The molecule has 6 nitrogen and oxygen atoms in total. The number of nitrogens with zero attached hydrogens (tertiary/aromatic N) is 1. The molecule has 0 saturated heterocycles. The second-order valence-corrected chi connectivity index (χ2v) is 9.78. The lowest BCUT2D eigenvalue weighted by Gasteiger charge is -2.26. The number of ether oxygens (including phenoxy) is 2. The normalized spacial score (nSPS) is 23.5. The predicted molar refractivity (Wildman–Crippen MR) is 131 cm³/mol. The lowest BCUT2D eigenvalue weighted by Crippen LogP contribution is -2.26. The molecule has 0 amide bonds. The van der Waals surface area contributed by atoms with Gasteiger partial charge in [0.1, 0.15) is 11.6 Å². The molecule has 1 saturated carbocycles. The largest absolute Gasteiger partial charge is 0.586 e. The molecule has 1 unspecified atom stereocenters. The number of rotatable bonds is 9. The van der Waals surface area contributed by atoms with Crippen molar-refractivity contribution in [3.8, 4) is 11.5 Å². The smallest absolute Gasteiger partial charge is 0.395 e. The summed E-state index contributed by atoms with van der Waals surface area (Å²) in [6.45, 7) is -4.21. The number of Topliss-reactive ketones (excluding diaryl/α,β-unsaturated/α-hetero) is 1. The highest BCUT2D eigenvalue weighted by Crippen LogP contribution is 2.52. The van der Waals surface area contributed by atoms with E-state index in [0.717, 1.165) is 10.6 Å². The van der Waals surface area contributed by atoms with Gasteiger partial charge in [0.15, 0.2) is 11.5 Å². The van der Waals surface area contributed by atoms with Crippen LogP contribution in [0.2, 0.25) is 0 Å². The highest BCUT2D eigenvalue weighted by molar-refractivity contribution is 5.95. The Bertz CT molecular complexity index is 1620. The fourth-order valence-electron chi connectivity index (χ4n) is 4.73. The van der Waals surface area contributed by atoms with Gasteiger partial charge in [0.2, 0.25) is 0 Å². The average molecular weight is 524 g/mol. The zero-order valence-electron chi connectivity index (χ0n) is 26.2. The first kappa shape index (κ1) is 19.1. The van der Waals surface area contributed by atoms with Gasteiger partial charge in [-0.2, -0.15) is 0 Å². The number of halogens is 3. The molecule has 0 spiro atoms. The molecule has 1 fully saturated rings. The summed E-state index contributed by atoms with van der Waals surface area (Å²) in [4.78, 5) is 13.5. The van der Waals surface area contributed by atoms with E-state index in [-0.39, 0.29) is 40.1 Å². The molecule has 2 aromatic carbocycles. The molecular formula is C28H30F3NO5. The topological polar surface area (TPSA) is 80.9 Å². The Balaban J connectivity index is 1.58. The molecule has 2 heterocycles. The molecule has 2 aliphatic rings. The van der Waals surface area contributed by atoms with Crippen LogP contribution in [0.25, 0.3) is 10.9 Å². The van der Waals surface area contributed by atoms with Crippen LogP contribution in [0.3, 0.4) is 0 Å². The van der Waals surface area contributed by atoms with Crippen LogP contribution in [0.1, 0.15) is 65.0 Å². The summed E-state index contributed by atoms with van der Waals surface area (Å²) in [5, 5.41) is 20.2. The van der Waals surface area contributed by atoms with Crippen molar-refractivity contribution in [1.82, 2.24) is 4.57 Å². The molecule has 1 aliphatic carbocycles. The molecule has 3 aromatic rings. The van der Waals surface area contributed by atoms with Crippen LogP contribution in [0, 0.1) is 5.82 Å². The molecule has 1 aromatic heterocycles. The second kappa shape index (κ2) is 8.77. The molecule has 9 heteroatoms. The molecule has 1 aliphatic heterocycles. The van der Waals surface area contributed by atoms with Gasteiger partial charge in [-0.1, -0.05) is 26.8 Å². The number of aliphatic hydroxyl groups is 2. The van der Waals surface area contributed by atoms with Gasteiger partial charge in [-0.3, -0.25) is 4.79 Å². The number of fused-ring (bicyclic) bond motifs is 2. The lowest BCUT2D eigenvalue weighted by molar-refractivity contribution is -0.286. The first-order valence-corrected chi connectivity index (χ1v) is 11.8. The van der Waals surface area contributed by atoms with Crippen molar-refractivity contribution in [3.63, 3.8) is 0 Å². The maximum absolute atomic E-state index is 15.6. The number of aliphatic hydroxyl groups excluding tert-OH is 1. The highest BCUT2D eigenvalue weighted by Gasteiger charge is 2.52. The number of hydrogen-bond donors (Lipinski definition) is 2. The van der Waals surface area contributed by atoms with Crippen molar-refractivity contribution in [3.05, 3.63) is 59.0 Å². The fourth-order valence-corrected chi connectivity index (χ4v) is 4.73. The van der Waals surface area contributed by atoms with Crippen LogP contribution in [0.5, 0.6) is 11.5 Å².